The van der Waals surface area contributed by atoms with Crippen molar-refractivity contribution in [2.75, 3.05) is 19.7 Å². The zero-order valence-corrected chi connectivity index (χ0v) is 8.34. The van der Waals surface area contributed by atoms with Crippen LogP contribution in [0, 0.1) is 0 Å². The molecule has 1 aliphatic rings. The topological polar surface area (TPSA) is 67.4 Å². The zero-order valence-electron chi connectivity index (χ0n) is 8.34. The number of ether oxygens (including phenoxy) is 1. The summed E-state index contributed by atoms with van der Waals surface area (Å²) in [4.78, 5) is 21.7. The van der Waals surface area contributed by atoms with Gasteiger partial charge >= 0.3 is 5.97 Å². The smallest absolute Gasteiger partial charge is 0.319 e. The van der Waals surface area contributed by atoms with Crippen molar-refractivity contribution in [2.45, 2.75) is 25.8 Å². The van der Waals surface area contributed by atoms with Crippen molar-refractivity contribution in [3.05, 3.63) is 0 Å². The van der Waals surface area contributed by atoms with E-state index in [-0.39, 0.29) is 24.5 Å². The largest absolute Gasteiger partial charge is 0.465 e. The van der Waals surface area contributed by atoms with Gasteiger partial charge in [-0.1, -0.05) is 0 Å². The molecule has 1 heterocycles. The number of carbonyl (C=O) groups excluding carboxylic acids is 2. The van der Waals surface area contributed by atoms with Crippen molar-refractivity contribution in [3.63, 3.8) is 0 Å². The van der Waals surface area contributed by atoms with Crippen LogP contribution in [0.25, 0.3) is 0 Å². The fourth-order valence-corrected chi connectivity index (χ4v) is 1.39. The highest BCUT2D eigenvalue weighted by molar-refractivity contribution is 5.78. The van der Waals surface area contributed by atoms with Crippen molar-refractivity contribution in [2.24, 2.45) is 0 Å². The maximum absolute atomic E-state index is 10.9. The van der Waals surface area contributed by atoms with E-state index in [4.69, 9.17) is 4.74 Å². The lowest BCUT2D eigenvalue weighted by atomic mass is 10.2. The minimum atomic E-state index is -0.253. The minimum absolute atomic E-state index is 0.0907. The normalized spacial score (nSPS) is 20.6. The average molecular weight is 200 g/mol. The molecule has 1 unspecified atom stereocenters. The zero-order chi connectivity index (χ0) is 10.4. The number of rotatable bonds is 5. The molecule has 1 aliphatic heterocycles. The molecule has 80 valence electrons. The predicted molar refractivity (Wildman–Crippen MR) is 50.7 cm³/mol. The number of amides is 1. The molecule has 1 amide bonds. The Morgan fingerprint density at radius 1 is 1.71 bits per heavy atom. The average Bonchev–Trinajstić information content (AvgIpc) is 2.52. The van der Waals surface area contributed by atoms with Gasteiger partial charge in [-0.3, -0.25) is 9.59 Å². The van der Waals surface area contributed by atoms with Crippen LogP contribution in [0.1, 0.15) is 19.8 Å². The van der Waals surface area contributed by atoms with E-state index in [0.717, 1.165) is 6.42 Å². The Hall–Kier alpha value is -1.10. The van der Waals surface area contributed by atoms with Gasteiger partial charge in [-0.25, -0.2) is 0 Å². The highest BCUT2D eigenvalue weighted by atomic mass is 16.5. The summed E-state index contributed by atoms with van der Waals surface area (Å²) >= 11 is 0. The molecule has 0 spiro atoms. The first-order valence-electron chi connectivity index (χ1n) is 4.88. The van der Waals surface area contributed by atoms with Gasteiger partial charge in [0.25, 0.3) is 0 Å². The van der Waals surface area contributed by atoms with Gasteiger partial charge in [0.15, 0.2) is 0 Å². The van der Waals surface area contributed by atoms with E-state index in [0.29, 0.717) is 19.6 Å². The predicted octanol–water partition coefficient (Wildman–Crippen LogP) is -0.582. The van der Waals surface area contributed by atoms with Gasteiger partial charge in [0.05, 0.1) is 13.2 Å². The lowest BCUT2D eigenvalue weighted by Crippen LogP contribution is -2.38. The number of hydrogen-bond acceptors (Lipinski definition) is 4. The Balaban J connectivity index is 2.04. The second kappa shape index (κ2) is 5.59. The molecular weight excluding hydrogens is 184 g/mol. The van der Waals surface area contributed by atoms with Gasteiger partial charge in [-0.15, -0.1) is 0 Å². The number of esters is 1. The lowest BCUT2D eigenvalue weighted by Gasteiger charge is -2.10. The highest BCUT2D eigenvalue weighted by Gasteiger charge is 2.20. The molecule has 1 rings (SSSR count). The van der Waals surface area contributed by atoms with Gasteiger partial charge in [0.2, 0.25) is 5.91 Å². The lowest BCUT2D eigenvalue weighted by molar-refractivity contribution is -0.142. The summed E-state index contributed by atoms with van der Waals surface area (Å²) in [5.41, 5.74) is 0. The van der Waals surface area contributed by atoms with Crippen LogP contribution in [0.4, 0.5) is 0 Å². The molecule has 2 N–H and O–H groups in total. The van der Waals surface area contributed by atoms with Crippen LogP contribution in [0.3, 0.4) is 0 Å². The van der Waals surface area contributed by atoms with Crippen molar-refractivity contribution in [1.29, 1.82) is 0 Å². The van der Waals surface area contributed by atoms with Crippen molar-refractivity contribution >= 4 is 11.9 Å². The second-order valence-electron chi connectivity index (χ2n) is 3.24. The van der Waals surface area contributed by atoms with Gasteiger partial charge in [0, 0.05) is 19.0 Å². The Bertz CT molecular complexity index is 218. The van der Waals surface area contributed by atoms with Crippen LogP contribution in [-0.4, -0.2) is 37.6 Å². The Morgan fingerprint density at radius 2 is 2.50 bits per heavy atom. The molecule has 0 bridgehead atoms. The van der Waals surface area contributed by atoms with E-state index in [2.05, 4.69) is 10.6 Å². The first kappa shape index (κ1) is 11.0. The summed E-state index contributed by atoms with van der Waals surface area (Å²) in [6, 6.07) is 0.164. The van der Waals surface area contributed by atoms with Crippen LogP contribution in [0.5, 0.6) is 0 Å². The summed E-state index contributed by atoms with van der Waals surface area (Å²) in [7, 11) is 0. The molecule has 0 radical (unpaired) electrons. The van der Waals surface area contributed by atoms with E-state index in [1.54, 1.807) is 6.92 Å². The van der Waals surface area contributed by atoms with Crippen LogP contribution >= 0.6 is 0 Å². The maximum atomic E-state index is 10.9. The summed E-state index contributed by atoms with van der Waals surface area (Å²) < 4.78 is 4.74. The Kier molecular flexibility index (Phi) is 4.39. The SMILES string of the molecule is CCOC(=O)CNCC1CCC(=O)N1. The molecule has 0 aromatic rings. The number of carbonyl (C=O) groups is 2. The van der Waals surface area contributed by atoms with Crippen LogP contribution in [0.15, 0.2) is 0 Å². The van der Waals surface area contributed by atoms with Crippen LogP contribution < -0.4 is 10.6 Å². The summed E-state index contributed by atoms with van der Waals surface area (Å²) in [5, 5.41) is 5.75. The first-order valence-corrected chi connectivity index (χ1v) is 4.88. The van der Waals surface area contributed by atoms with Crippen molar-refractivity contribution in [1.82, 2.24) is 10.6 Å². The quantitative estimate of drug-likeness (QED) is 0.582. The van der Waals surface area contributed by atoms with Gasteiger partial charge < -0.3 is 15.4 Å². The van der Waals surface area contributed by atoms with Crippen molar-refractivity contribution < 1.29 is 14.3 Å². The molecule has 0 aromatic heterocycles. The maximum Gasteiger partial charge on any atom is 0.319 e. The second-order valence-corrected chi connectivity index (χ2v) is 3.24. The Labute approximate surface area is 83.2 Å². The third kappa shape index (κ3) is 3.74. The van der Waals surface area contributed by atoms with E-state index >= 15 is 0 Å². The molecule has 0 aliphatic carbocycles. The summed E-state index contributed by atoms with van der Waals surface area (Å²) in [6.45, 7) is 3.01. The first-order chi connectivity index (χ1) is 6.72. The standard InChI is InChI=1S/C9H16N2O3/c1-2-14-9(13)6-10-5-7-3-4-8(12)11-7/h7,10H,2-6H2,1H3,(H,11,12). The summed E-state index contributed by atoms with van der Waals surface area (Å²) in [5.74, 6) is -0.162. The Morgan fingerprint density at radius 3 is 3.07 bits per heavy atom. The number of nitrogens with one attached hydrogen (secondary N) is 2. The molecule has 14 heavy (non-hydrogen) atoms. The fourth-order valence-electron chi connectivity index (χ4n) is 1.39. The van der Waals surface area contributed by atoms with E-state index in [1.807, 2.05) is 0 Å². The van der Waals surface area contributed by atoms with Gasteiger partial charge in [-0.2, -0.15) is 0 Å². The molecular formula is C9H16N2O3. The molecule has 5 nitrogen and oxygen atoms in total. The molecule has 1 atom stereocenters. The molecule has 0 aromatic carbocycles. The minimum Gasteiger partial charge on any atom is -0.465 e. The molecule has 0 saturated carbocycles. The van der Waals surface area contributed by atoms with Crippen LogP contribution in [0.2, 0.25) is 0 Å². The highest BCUT2D eigenvalue weighted by Crippen LogP contribution is 2.04. The van der Waals surface area contributed by atoms with Gasteiger partial charge in [0.1, 0.15) is 0 Å². The van der Waals surface area contributed by atoms with E-state index < -0.39 is 0 Å². The molecule has 1 saturated heterocycles. The summed E-state index contributed by atoms with van der Waals surface area (Å²) in [6.07, 6.45) is 1.43. The molecule has 5 heteroatoms. The number of hydrogen-bond donors (Lipinski definition) is 2. The van der Waals surface area contributed by atoms with E-state index in [9.17, 15) is 9.59 Å². The fraction of sp³-hybridized carbons (Fsp3) is 0.778. The monoisotopic (exact) mass is 200 g/mol. The van der Waals surface area contributed by atoms with E-state index in [1.165, 1.54) is 0 Å². The van der Waals surface area contributed by atoms with Gasteiger partial charge in [-0.05, 0) is 13.3 Å². The third-order valence-electron chi connectivity index (χ3n) is 2.05. The van der Waals surface area contributed by atoms with Crippen molar-refractivity contribution in [3.8, 4) is 0 Å². The third-order valence-corrected chi connectivity index (χ3v) is 2.05. The molecule has 1 fully saturated rings. The van der Waals surface area contributed by atoms with Crippen LogP contribution in [-0.2, 0) is 14.3 Å².